The van der Waals surface area contributed by atoms with Crippen LogP contribution < -0.4 is 0 Å². The van der Waals surface area contributed by atoms with Gasteiger partial charge in [0.1, 0.15) is 4.83 Å². The van der Waals surface area contributed by atoms with Crippen molar-refractivity contribution in [2.24, 2.45) is 0 Å². The number of nitrogens with zero attached hydrogens (tertiary/aromatic N) is 1. The van der Waals surface area contributed by atoms with Gasteiger partial charge in [-0.15, -0.1) is 0 Å². The van der Waals surface area contributed by atoms with Crippen molar-refractivity contribution >= 4 is 15.9 Å². The van der Waals surface area contributed by atoms with Crippen molar-refractivity contribution in [2.75, 3.05) is 6.61 Å². The van der Waals surface area contributed by atoms with Crippen LogP contribution in [-0.4, -0.2) is 16.5 Å². The van der Waals surface area contributed by atoms with E-state index in [1.807, 2.05) is 0 Å². The monoisotopic (exact) mass is 149 g/mol. The van der Waals surface area contributed by atoms with E-state index in [-0.39, 0.29) is 6.61 Å². The molecule has 0 aliphatic rings. The molecule has 1 atom stereocenters. The van der Waals surface area contributed by atoms with Gasteiger partial charge in [-0.2, -0.15) is 5.26 Å². The summed E-state index contributed by atoms with van der Waals surface area (Å²) in [4.78, 5) is -0.391. The Labute approximate surface area is 44.5 Å². The lowest BCUT2D eigenvalue weighted by Crippen LogP contribution is -1.97. The van der Waals surface area contributed by atoms with Crippen LogP contribution in [0.2, 0.25) is 0 Å². The third-order valence-electron chi connectivity index (χ3n) is 0.300. The van der Waals surface area contributed by atoms with E-state index in [1.165, 1.54) is 0 Å². The average Bonchev–Trinajstić information content (AvgIpc) is 1.65. The van der Waals surface area contributed by atoms with Gasteiger partial charge in [-0.1, -0.05) is 15.9 Å². The van der Waals surface area contributed by atoms with Gasteiger partial charge in [0.15, 0.2) is 0 Å². The number of alkyl halides is 1. The van der Waals surface area contributed by atoms with Crippen LogP contribution in [0.1, 0.15) is 0 Å². The van der Waals surface area contributed by atoms with E-state index in [9.17, 15) is 0 Å². The van der Waals surface area contributed by atoms with E-state index in [0.717, 1.165) is 0 Å². The zero-order valence-corrected chi connectivity index (χ0v) is 4.64. The van der Waals surface area contributed by atoms with Crippen LogP contribution in [0.15, 0.2) is 0 Å². The van der Waals surface area contributed by atoms with Crippen molar-refractivity contribution in [2.45, 2.75) is 4.83 Å². The highest BCUT2D eigenvalue weighted by Gasteiger charge is 1.92. The molecule has 0 aliphatic heterocycles. The minimum Gasteiger partial charge on any atom is -0.394 e. The minimum absolute atomic E-state index is 0.115. The summed E-state index contributed by atoms with van der Waals surface area (Å²) in [5.41, 5.74) is 0. The van der Waals surface area contributed by atoms with Crippen molar-refractivity contribution in [1.29, 1.82) is 5.26 Å². The number of halogens is 1. The number of rotatable bonds is 1. The van der Waals surface area contributed by atoms with Gasteiger partial charge in [-0.05, 0) is 0 Å². The fourth-order valence-electron chi connectivity index (χ4n) is 0.0408. The van der Waals surface area contributed by atoms with E-state index in [1.54, 1.807) is 6.07 Å². The normalized spacial score (nSPS) is 12.8. The summed E-state index contributed by atoms with van der Waals surface area (Å²) < 4.78 is 0. The third kappa shape index (κ3) is 2.18. The zero-order valence-electron chi connectivity index (χ0n) is 3.06. The predicted molar refractivity (Wildman–Crippen MR) is 25.4 cm³/mol. The van der Waals surface area contributed by atoms with Gasteiger partial charge in [0.2, 0.25) is 0 Å². The smallest absolute Gasteiger partial charge is 0.124 e. The zero-order chi connectivity index (χ0) is 4.99. The number of hydrogen-bond donors (Lipinski definition) is 1. The molecule has 0 aromatic rings. The molecule has 2 nitrogen and oxygen atoms in total. The maximum absolute atomic E-state index is 8.07. The van der Waals surface area contributed by atoms with Crippen LogP contribution in [0.25, 0.3) is 0 Å². The number of nitriles is 1. The Kier molecular flexibility index (Phi) is 3.10. The van der Waals surface area contributed by atoms with Crippen molar-refractivity contribution < 1.29 is 5.11 Å². The molecular weight excluding hydrogens is 146 g/mol. The number of hydrogen-bond acceptors (Lipinski definition) is 2. The fourth-order valence-corrected chi connectivity index (χ4v) is 0.0408. The highest BCUT2D eigenvalue weighted by atomic mass is 79.9. The van der Waals surface area contributed by atoms with Crippen LogP contribution in [-0.2, 0) is 0 Å². The van der Waals surface area contributed by atoms with Gasteiger partial charge in [0.05, 0.1) is 12.7 Å². The van der Waals surface area contributed by atoms with Crippen molar-refractivity contribution in [1.82, 2.24) is 0 Å². The molecule has 0 radical (unpaired) electrons. The lowest BCUT2D eigenvalue weighted by atomic mass is 10.5. The second-order valence-corrected chi connectivity index (χ2v) is 1.88. The Morgan fingerprint density at radius 1 is 2.00 bits per heavy atom. The summed E-state index contributed by atoms with van der Waals surface area (Å²) in [5.74, 6) is 0. The molecule has 0 saturated heterocycles. The largest absolute Gasteiger partial charge is 0.394 e. The first-order valence-electron chi connectivity index (χ1n) is 1.45. The first-order chi connectivity index (χ1) is 2.81. The summed E-state index contributed by atoms with van der Waals surface area (Å²) in [6.07, 6.45) is 0. The topological polar surface area (TPSA) is 44.0 Å². The Morgan fingerprint density at radius 2 is 2.50 bits per heavy atom. The quantitative estimate of drug-likeness (QED) is 0.545. The van der Waals surface area contributed by atoms with E-state index in [0.29, 0.717) is 0 Å². The molecule has 0 saturated carbocycles. The summed E-state index contributed by atoms with van der Waals surface area (Å²) in [7, 11) is 0. The predicted octanol–water partition coefficient (Wildman–Crippen LogP) is 0.266. The average molecular weight is 150 g/mol. The Balaban J connectivity index is 3.04. The maximum Gasteiger partial charge on any atom is 0.124 e. The molecular formula is C3H4BrNO. The molecule has 1 unspecified atom stereocenters. The van der Waals surface area contributed by atoms with Gasteiger partial charge < -0.3 is 5.11 Å². The molecule has 34 valence electrons. The van der Waals surface area contributed by atoms with E-state index in [2.05, 4.69) is 15.9 Å². The van der Waals surface area contributed by atoms with Gasteiger partial charge >= 0.3 is 0 Å². The summed E-state index contributed by atoms with van der Waals surface area (Å²) in [6.45, 7) is -0.115. The van der Waals surface area contributed by atoms with E-state index < -0.39 is 4.83 Å². The number of aliphatic hydroxyl groups is 1. The molecule has 3 heteroatoms. The molecule has 0 amide bonds. The molecule has 0 rings (SSSR count). The maximum atomic E-state index is 8.07. The van der Waals surface area contributed by atoms with Crippen molar-refractivity contribution in [3.8, 4) is 6.07 Å². The molecule has 1 N–H and O–H groups in total. The lowest BCUT2D eigenvalue weighted by molar-refractivity contribution is 0.310. The second-order valence-electron chi connectivity index (χ2n) is 0.779. The van der Waals surface area contributed by atoms with Gasteiger partial charge in [-0.25, -0.2) is 0 Å². The Morgan fingerprint density at radius 3 is 2.50 bits per heavy atom. The van der Waals surface area contributed by atoms with Crippen LogP contribution >= 0.6 is 15.9 Å². The van der Waals surface area contributed by atoms with Crippen LogP contribution in [0.4, 0.5) is 0 Å². The SMILES string of the molecule is N#CC(Br)CO. The molecule has 0 aromatic carbocycles. The van der Waals surface area contributed by atoms with Crippen LogP contribution in [0, 0.1) is 11.3 Å². The Bertz CT molecular complexity index is 67.7. The van der Waals surface area contributed by atoms with Gasteiger partial charge in [-0.3, -0.25) is 0 Å². The fraction of sp³-hybridized carbons (Fsp3) is 0.667. The first-order valence-corrected chi connectivity index (χ1v) is 2.37. The molecule has 6 heavy (non-hydrogen) atoms. The van der Waals surface area contributed by atoms with E-state index in [4.69, 9.17) is 10.4 Å². The minimum atomic E-state index is -0.391. The highest BCUT2D eigenvalue weighted by molar-refractivity contribution is 9.09. The summed E-state index contributed by atoms with van der Waals surface area (Å²) in [5, 5.41) is 15.9. The summed E-state index contributed by atoms with van der Waals surface area (Å²) >= 11 is 2.86. The van der Waals surface area contributed by atoms with Gasteiger partial charge in [0, 0.05) is 0 Å². The molecule has 0 heterocycles. The molecule has 0 bridgehead atoms. The molecule has 0 spiro atoms. The first kappa shape index (κ1) is 5.93. The molecule has 0 fully saturated rings. The molecule has 0 aromatic heterocycles. The second kappa shape index (κ2) is 3.13. The van der Waals surface area contributed by atoms with Crippen LogP contribution in [0.5, 0.6) is 0 Å². The third-order valence-corrected chi connectivity index (χ3v) is 0.795. The van der Waals surface area contributed by atoms with Crippen LogP contribution in [0.3, 0.4) is 0 Å². The van der Waals surface area contributed by atoms with Crippen molar-refractivity contribution in [3.05, 3.63) is 0 Å². The van der Waals surface area contributed by atoms with E-state index >= 15 is 0 Å². The standard InChI is InChI=1S/C3H4BrNO/c4-3(1-5)2-6/h3,6H,2H2. The Hall–Kier alpha value is -0.0700. The lowest BCUT2D eigenvalue weighted by Gasteiger charge is -1.84. The molecule has 0 aliphatic carbocycles. The number of aliphatic hydroxyl groups excluding tert-OH is 1. The highest BCUT2D eigenvalue weighted by Crippen LogP contribution is 1.91. The van der Waals surface area contributed by atoms with Crippen molar-refractivity contribution in [3.63, 3.8) is 0 Å². The van der Waals surface area contributed by atoms with Gasteiger partial charge in [0.25, 0.3) is 0 Å². The summed E-state index contributed by atoms with van der Waals surface area (Å²) in [6, 6.07) is 1.78.